The molecule has 2 N–H and O–H groups in total. The summed E-state index contributed by atoms with van der Waals surface area (Å²) in [5.41, 5.74) is 4.29. The molecule has 274 valence electrons. The molecule has 0 bridgehead atoms. The van der Waals surface area contributed by atoms with E-state index in [4.69, 9.17) is 21.3 Å². The van der Waals surface area contributed by atoms with Gasteiger partial charge in [-0.2, -0.15) is 18.3 Å². The van der Waals surface area contributed by atoms with Crippen LogP contribution in [0, 0.1) is 6.92 Å². The van der Waals surface area contributed by atoms with Crippen LogP contribution in [0.4, 0.5) is 24.7 Å². The van der Waals surface area contributed by atoms with E-state index in [0.717, 1.165) is 72.6 Å². The molecule has 1 aliphatic carbocycles. The topological polar surface area (TPSA) is 114 Å². The van der Waals surface area contributed by atoms with Crippen LogP contribution in [0.2, 0.25) is 5.02 Å². The van der Waals surface area contributed by atoms with E-state index in [0.29, 0.717) is 45.4 Å². The fourth-order valence-corrected chi connectivity index (χ4v) is 8.67. The summed E-state index contributed by atoms with van der Waals surface area (Å²) in [7, 11) is 3.05. The van der Waals surface area contributed by atoms with E-state index in [1.54, 1.807) is 19.2 Å². The van der Waals surface area contributed by atoms with Gasteiger partial charge in [0, 0.05) is 60.4 Å². The average molecular weight is 744 g/mol. The second-order valence-corrected chi connectivity index (χ2v) is 14.6. The molecule has 5 heterocycles. The number of nitrogens with one attached hydrogen (secondary N) is 2. The van der Waals surface area contributed by atoms with Gasteiger partial charge in [-0.3, -0.25) is 14.5 Å². The van der Waals surface area contributed by atoms with Crippen LogP contribution in [0.15, 0.2) is 59.5 Å². The first-order valence-electron chi connectivity index (χ1n) is 17.6. The average Bonchev–Trinajstić information content (AvgIpc) is 3.74. The molecule has 2 aromatic carbocycles. The molecule has 10 nitrogen and oxygen atoms in total. The van der Waals surface area contributed by atoms with Gasteiger partial charge in [-0.25, -0.2) is 14.6 Å². The normalized spacial score (nSPS) is 20.2. The summed E-state index contributed by atoms with van der Waals surface area (Å²) < 4.78 is 48.5. The van der Waals surface area contributed by atoms with Crippen LogP contribution in [0.3, 0.4) is 0 Å². The largest absolute Gasteiger partial charge is 0.481 e. The quantitative estimate of drug-likeness (QED) is 0.184. The lowest BCUT2D eigenvalue weighted by atomic mass is 9.88. The van der Waals surface area contributed by atoms with Gasteiger partial charge in [-0.15, -0.1) is 0 Å². The zero-order valence-electron chi connectivity index (χ0n) is 29.4. The highest BCUT2D eigenvalue weighted by Gasteiger charge is 2.45. The van der Waals surface area contributed by atoms with Crippen molar-refractivity contribution in [3.05, 3.63) is 92.5 Å². The van der Waals surface area contributed by atoms with Crippen molar-refractivity contribution in [3.8, 4) is 28.3 Å². The Morgan fingerprint density at radius 1 is 1.04 bits per heavy atom. The summed E-state index contributed by atoms with van der Waals surface area (Å²) in [6.07, 6.45) is 1.68. The second kappa shape index (κ2) is 13.1. The minimum Gasteiger partial charge on any atom is -0.481 e. The summed E-state index contributed by atoms with van der Waals surface area (Å²) in [5, 5.41) is 10.7. The Morgan fingerprint density at radius 2 is 1.81 bits per heavy atom. The predicted octanol–water partition coefficient (Wildman–Crippen LogP) is 7.52. The number of anilines is 2. The third kappa shape index (κ3) is 6.19. The monoisotopic (exact) mass is 743 g/mol. The maximum Gasteiger partial charge on any atom is 0.433 e. The van der Waals surface area contributed by atoms with Crippen molar-refractivity contribution < 1.29 is 22.7 Å². The van der Waals surface area contributed by atoms with Crippen molar-refractivity contribution in [2.45, 2.75) is 63.2 Å². The lowest BCUT2D eigenvalue weighted by molar-refractivity contribution is -0.141. The highest BCUT2D eigenvalue weighted by molar-refractivity contribution is 6.36. The standard InChI is InChI=1S/C39H37ClF3N7O3/c1-21-24(7-5-10-27(21)45-35-33-23(19-44-49(2)37(33)52)18-30(47-35)39(41,42)43)25-8-4-9-26(34(25)40)28-17-22-12-13-29(32(22)36(46-28)53-3)50-16-15-38(20-50)14-6-11-31(51)48-38/h4-5,7-10,17-19,29H,6,11-16,20H2,1-3H3,(H,45,47)(H,48,51). The summed E-state index contributed by atoms with van der Waals surface area (Å²) in [6.45, 7) is 3.53. The third-order valence-corrected chi connectivity index (χ3v) is 11.4. The number of benzene rings is 2. The number of aryl methyl sites for hydroxylation is 2. The van der Waals surface area contributed by atoms with Gasteiger partial charge in [-0.1, -0.05) is 41.9 Å². The molecule has 1 amide bonds. The van der Waals surface area contributed by atoms with Gasteiger partial charge in [-0.05, 0) is 73.9 Å². The van der Waals surface area contributed by atoms with E-state index < -0.39 is 17.4 Å². The van der Waals surface area contributed by atoms with Gasteiger partial charge in [0.15, 0.2) is 0 Å². The van der Waals surface area contributed by atoms with Crippen molar-refractivity contribution in [2.24, 2.45) is 7.05 Å². The van der Waals surface area contributed by atoms with E-state index in [2.05, 4.69) is 31.7 Å². The number of carbonyl (C=O) groups excluding carboxylic acids is 1. The molecule has 0 saturated carbocycles. The van der Waals surface area contributed by atoms with Gasteiger partial charge in [0.1, 0.15) is 11.5 Å². The summed E-state index contributed by atoms with van der Waals surface area (Å²) in [5.74, 6) is 0.468. The Balaban J connectivity index is 1.13. The molecule has 5 aromatic rings. The van der Waals surface area contributed by atoms with Gasteiger partial charge < -0.3 is 15.4 Å². The van der Waals surface area contributed by atoms with E-state index in [1.807, 2.05) is 31.2 Å². The summed E-state index contributed by atoms with van der Waals surface area (Å²) in [6, 6.07) is 14.1. The highest BCUT2D eigenvalue weighted by atomic mass is 35.5. The van der Waals surface area contributed by atoms with E-state index in [-0.39, 0.29) is 34.1 Å². The number of alkyl halides is 3. The zero-order chi connectivity index (χ0) is 37.2. The Morgan fingerprint density at radius 3 is 2.58 bits per heavy atom. The van der Waals surface area contributed by atoms with Crippen LogP contribution in [0.5, 0.6) is 5.88 Å². The predicted molar refractivity (Wildman–Crippen MR) is 196 cm³/mol. The SMILES string of the molecule is COc1nc(-c2cccc(-c3cccc(Nc4nc(C(F)(F)F)cc5cnn(C)c(=O)c45)c3C)c2Cl)cc2c1C(N1CCC3(CCCC(=O)N3)C1)CC2. The molecule has 2 saturated heterocycles. The van der Waals surface area contributed by atoms with Crippen molar-refractivity contribution in [2.75, 3.05) is 25.5 Å². The van der Waals surface area contributed by atoms with E-state index >= 15 is 0 Å². The van der Waals surface area contributed by atoms with Crippen molar-refractivity contribution in [1.82, 2.24) is 30.0 Å². The van der Waals surface area contributed by atoms with Crippen LogP contribution >= 0.6 is 11.6 Å². The van der Waals surface area contributed by atoms with E-state index in [1.165, 1.54) is 13.2 Å². The van der Waals surface area contributed by atoms with Crippen LogP contribution in [0.1, 0.15) is 60.5 Å². The first kappa shape index (κ1) is 35.0. The van der Waals surface area contributed by atoms with Gasteiger partial charge in [0.05, 0.1) is 34.9 Å². The van der Waals surface area contributed by atoms with Gasteiger partial charge >= 0.3 is 6.18 Å². The molecule has 2 unspecified atom stereocenters. The molecule has 1 spiro atoms. The first-order chi connectivity index (χ1) is 25.4. The molecule has 14 heteroatoms. The molecule has 0 radical (unpaired) electrons. The van der Waals surface area contributed by atoms with Gasteiger partial charge in [0.2, 0.25) is 11.8 Å². The van der Waals surface area contributed by atoms with Gasteiger partial charge in [0.25, 0.3) is 5.56 Å². The Kier molecular flexibility index (Phi) is 8.68. The van der Waals surface area contributed by atoms with Crippen molar-refractivity contribution >= 4 is 39.8 Å². The minimum absolute atomic E-state index is 0.0100. The van der Waals surface area contributed by atoms with Crippen molar-refractivity contribution in [1.29, 1.82) is 0 Å². The fraction of sp³-hybridized carbons (Fsp3) is 0.359. The fourth-order valence-electron chi connectivity index (χ4n) is 8.34. The molecule has 2 fully saturated rings. The van der Waals surface area contributed by atoms with Crippen LogP contribution in [-0.4, -0.2) is 56.3 Å². The number of halogens is 4. The minimum atomic E-state index is -4.74. The third-order valence-electron chi connectivity index (χ3n) is 11.0. The van der Waals surface area contributed by atoms with E-state index in [9.17, 15) is 22.8 Å². The molecule has 3 aliphatic rings. The Labute approximate surface area is 308 Å². The number of likely N-dealkylation sites (tertiary alicyclic amines) is 1. The number of rotatable bonds is 6. The number of pyridine rings is 2. The molecular formula is C39H37ClF3N7O3. The summed E-state index contributed by atoms with van der Waals surface area (Å²) in [4.78, 5) is 36.6. The molecule has 3 aromatic heterocycles. The number of carbonyl (C=O) groups is 1. The molecular weight excluding hydrogens is 707 g/mol. The summed E-state index contributed by atoms with van der Waals surface area (Å²) >= 11 is 7.19. The molecule has 2 atom stereocenters. The number of fused-ring (bicyclic) bond motifs is 2. The molecule has 53 heavy (non-hydrogen) atoms. The number of hydrogen-bond acceptors (Lipinski definition) is 8. The van der Waals surface area contributed by atoms with Crippen LogP contribution < -0.4 is 20.9 Å². The molecule has 8 rings (SSSR count). The van der Waals surface area contributed by atoms with Crippen LogP contribution in [-0.2, 0) is 24.4 Å². The number of methoxy groups -OCH3 is 1. The zero-order valence-corrected chi connectivity index (χ0v) is 30.2. The van der Waals surface area contributed by atoms with Crippen LogP contribution in [0.25, 0.3) is 33.2 Å². The lowest BCUT2D eigenvalue weighted by Gasteiger charge is -2.35. The van der Waals surface area contributed by atoms with Crippen molar-refractivity contribution in [3.63, 3.8) is 0 Å². The highest BCUT2D eigenvalue weighted by Crippen LogP contribution is 2.47. The maximum atomic E-state index is 13.9. The Hall–Kier alpha value is -5.01. The number of piperidine rings is 1. The number of hydrogen-bond donors (Lipinski definition) is 2. The smallest absolute Gasteiger partial charge is 0.433 e. The lowest BCUT2D eigenvalue weighted by Crippen LogP contribution is -2.53. The number of amides is 1. The maximum absolute atomic E-state index is 13.9. The number of ether oxygens (including phenoxy) is 1. The Bertz CT molecular complexity index is 2360. The number of nitrogens with zero attached hydrogens (tertiary/aromatic N) is 5. The second-order valence-electron chi connectivity index (χ2n) is 14.2. The first-order valence-corrected chi connectivity index (χ1v) is 18.0. The number of aromatic nitrogens is 4. The molecule has 2 aliphatic heterocycles.